The lowest BCUT2D eigenvalue weighted by Gasteiger charge is -2.14. The van der Waals surface area contributed by atoms with Crippen molar-refractivity contribution in [2.24, 2.45) is 0 Å². The van der Waals surface area contributed by atoms with Crippen molar-refractivity contribution in [2.45, 2.75) is 26.2 Å². The molecule has 28 heavy (non-hydrogen) atoms. The minimum atomic E-state index is -0.225. The van der Waals surface area contributed by atoms with Crippen LogP contribution in [0.3, 0.4) is 0 Å². The molecular weight excluding hydrogens is 358 g/mol. The third kappa shape index (κ3) is 5.81. The van der Waals surface area contributed by atoms with Gasteiger partial charge in [-0.15, -0.1) is 0 Å². The standard InChI is InChI=1S/C22H29NO5/c1-5-6-13-28-17-9-7-16(8-10-17)11-12-23-22(24)18-14-20(26-3)21(27-4)15-19(18)25-2/h7-10,14-15H,5-6,11-13H2,1-4H3,(H,23,24). The van der Waals surface area contributed by atoms with E-state index in [4.69, 9.17) is 18.9 Å². The summed E-state index contributed by atoms with van der Waals surface area (Å²) in [4.78, 5) is 12.6. The lowest BCUT2D eigenvalue weighted by atomic mass is 10.1. The van der Waals surface area contributed by atoms with Gasteiger partial charge in [0.25, 0.3) is 5.91 Å². The molecule has 0 aliphatic carbocycles. The Hall–Kier alpha value is -2.89. The number of ether oxygens (including phenoxy) is 4. The summed E-state index contributed by atoms with van der Waals surface area (Å²) in [5, 5.41) is 2.92. The summed E-state index contributed by atoms with van der Waals surface area (Å²) in [6.45, 7) is 3.38. The molecule has 0 radical (unpaired) electrons. The van der Waals surface area contributed by atoms with Crippen LogP contribution in [0.25, 0.3) is 0 Å². The molecule has 152 valence electrons. The molecule has 2 rings (SSSR count). The molecule has 0 unspecified atom stereocenters. The molecule has 1 N–H and O–H groups in total. The number of rotatable bonds is 11. The number of carbonyl (C=O) groups is 1. The summed E-state index contributed by atoms with van der Waals surface area (Å²) in [6, 6.07) is 11.2. The molecule has 0 aliphatic heterocycles. The number of unbranched alkanes of at least 4 members (excludes halogenated alkanes) is 1. The molecule has 0 saturated carbocycles. The van der Waals surface area contributed by atoms with Crippen LogP contribution in [0, 0.1) is 0 Å². The van der Waals surface area contributed by atoms with Crippen LogP contribution < -0.4 is 24.3 Å². The second-order valence-electron chi connectivity index (χ2n) is 6.26. The van der Waals surface area contributed by atoms with E-state index in [1.165, 1.54) is 21.3 Å². The second-order valence-corrected chi connectivity index (χ2v) is 6.26. The summed E-state index contributed by atoms with van der Waals surface area (Å²) in [7, 11) is 4.58. The summed E-state index contributed by atoms with van der Waals surface area (Å²) in [5.41, 5.74) is 1.53. The Bertz CT molecular complexity index is 758. The average Bonchev–Trinajstić information content (AvgIpc) is 2.73. The van der Waals surface area contributed by atoms with E-state index in [0.717, 1.165) is 37.2 Å². The molecule has 6 nitrogen and oxygen atoms in total. The zero-order valence-electron chi connectivity index (χ0n) is 17.0. The maximum Gasteiger partial charge on any atom is 0.255 e. The first-order valence-corrected chi connectivity index (χ1v) is 9.42. The van der Waals surface area contributed by atoms with Crippen molar-refractivity contribution >= 4 is 5.91 Å². The summed E-state index contributed by atoms with van der Waals surface area (Å²) in [6.07, 6.45) is 2.88. The molecule has 2 aromatic carbocycles. The Morgan fingerprint density at radius 1 is 0.929 bits per heavy atom. The molecule has 0 aliphatic rings. The third-order valence-corrected chi connectivity index (χ3v) is 4.34. The van der Waals surface area contributed by atoms with Gasteiger partial charge in [-0.05, 0) is 30.5 Å². The number of hydrogen-bond acceptors (Lipinski definition) is 5. The zero-order valence-corrected chi connectivity index (χ0v) is 17.0. The van der Waals surface area contributed by atoms with Crippen molar-refractivity contribution in [2.75, 3.05) is 34.5 Å². The van der Waals surface area contributed by atoms with Gasteiger partial charge in [0.2, 0.25) is 0 Å². The van der Waals surface area contributed by atoms with Crippen molar-refractivity contribution < 1.29 is 23.7 Å². The normalized spacial score (nSPS) is 10.3. The van der Waals surface area contributed by atoms with Crippen molar-refractivity contribution in [3.8, 4) is 23.0 Å². The lowest BCUT2D eigenvalue weighted by Crippen LogP contribution is -2.26. The quantitative estimate of drug-likeness (QED) is 0.593. The Morgan fingerprint density at radius 3 is 2.18 bits per heavy atom. The summed E-state index contributed by atoms with van der Waals surface area (Å²) in [5.74, 6) is 2.07. The van der Waals surface area contributed by atoms with Gasteiger partial charge in [0.1, 0.15) is 11.5 Å². The minimum Gasteiger partial charge on any atom is -0.496 e. The third-order valence-electron chi connectivity index (χ3n) is 4.34. The van der Waals surface area contributed by atoms with Gasteiger partial charge in [0.15, 0.2) is 11.5 Å². The van der Waals surface area contributed by atoms with Crippen molar-refractivity contribution in [1.29, 1.82) is 0 Å². The van der Waals surface area contributed by atoms with Crippen LogP contribution in [0.15, 0.2) is 36.4 Å². The summed E-state index contributed by atoms with van der Waals surface area (Å²) >= 11 is 0. The number of amides is 1. The van der Waals surface area contributed by atoms with Crippen LogP contribution in [0.1, 0.15) is 35.7 Å². The van der Waals surface area contributed by atoms with Crippen LogP contribution >= 0.6 is 0 Å². The van der Waals surface area contributed by atoms with E-state index in [1.807, 2.05) is 24.3 Å². The maximum atomic E-state index is 12.6. The lowest BCUT2D eigenvalue weighted by molar-refractivity contribution is 0.0950. The number of nitrogens with one attached hydrogen (secondary N) is 1. The highest BCUT2D eigenvalue weighted by molar-refractivity contribution is 5.97. The Labute approximate surface area is 166 Å². The summed E-state index contributed by atoms with van der Waals surface area (Å²) < 4.78 is 21.5. The van der Waals surface area contributed by atoms with Crippen LogP contribution in [0.4, 0.5) is 0 Å². The van der Waals surface area contributed by atoms with Crippen LogP contribution in [0.5, 0.6) is 23.0 Å². The van der Waals surface area contributed by atoms with Gasteiger partial charge >= 0.3 is 0 Å². The van der Waals surface area contributed by atoms with Gasteiger partial charge in [-0.3, -0.25) is 4.79 Å². The van der Waals surface area contributed by atoms with E-state index >= 15 is 0 Å². The minimum absolute atomic E-state index is 0.225. The fraction of sp³-hybridized carbons (Fsp3) is 0.409. The average molecular weight is 387 g/mol. The number of benzene rings is 2. The molecule has 0 bridgehead atoms. The first-order valence-electron chi connectivity index (χ1n) is 9.42. The largest absolute Gasteiger partial charge is 0.496 e. The van der Waals surface area contributed by atoms with E-state index in [9.17, 15) is 4.79 Å². The molecule has 6 heteroatoms. The van der Waals surface area contributed by atoms with Crippen molar-refractivity contribution in [3.05, 3.63) is 47.5 Å². The predicted octanol–water partition coefficient (Wildman–Crippen LogP) is 3.86. The van der Waals surface area contributed by atoms with E-state index < -0.39 is 0 Å². The highest BCUT2D eigenvalue weighted by atomic mass is 16.5. The second kappa shape index (κ2) is 11.1. The van der Waals surface area contributed by atoms with Crippen LogP contribution in [-0.4, -0.2) is 40.4 Å². The van der Waals surface area contributed by atoms with Gasteiger partial charge in [-0.2, -0.15) is 0 Å². The first-order chi connectivity index (χ1) is 13.6. The van der Waals surface area contributed by atoms with Crippen LogP contribution in [0.2, 0.25) is 0 Å². The number of methoxy groups -OCH3 is 3. The molecule has 0 saturated heterocycles. The van der Waals surface area contributed by atoms with Crippen molar-refractivity contribution in [1.82, 2.24) is 5.32 Å². The molecule has 2 aromatic rings. The van der Waals surface area contributed by atoms with E-state index in [1.54, 1.807) is 12.1 Å². The first kappa shape index (κ1) is 21.4. The monoisotopic (exact) mass is 387 g/mol. The molecular formula is C22H29NO5. The van der Waals surface area contributed by atoms with Gasteiger partial charge in [-0.1, -0.05) is 25.5 Å². The van der Waals surface area contributed by atoms with Gasteiger partial charge in [0, 0.05) is 18.7 Å². The molecule has 1 amide bonds. The highest BCUT2D eigenvalue weighted by Gasteiger charge is 2.17. The molecule has 0 fully saturated rings. The van der Waals surface area contributed by atoms with E-state index in [2.05, 4.69) is 12.2 Å². The topological polar surface area (TPSA) is 66.0 Å². The fourth-order valence-corrected chi connectivity index (χ4v) is 2.71. The smallest absolute Gasteiger partial charge is 0.255 e. The Balaban J connectivity index is 1.93. The highest BCUT2D eigenvalue weighted by Crippen LogP contribution is 2.34. The molecule has 0 aromatic heterocycles. The van der Waals surface area contributed by atoms with Crippen molar-refractivity contribution in [3.63, 3.8) is 0 Å². The van der Waals surface area contributed by atoms with E-state index in [0.29, 0.717) is 29.4 Å². The van der Waals surface area contributed by atoms with Gasteiger partial charge in [0.05, 0.1) is 33.5 Å². The molecule has 0 spiro atoms. The van der Waals surface area contributed by atoms with E-state index in [-0.39, 0.29) is 5.91 Å². The number of hydrogen-bond donors (Lipinski definition) is 1. The van der Waals surface area contributed by atoms with Crippen LogP contribution in [-0.2, 0) is 6.42 Å². The predicted molar refractivity (Wildman–Crippen MR) is 109 cm³/mol. The fourth-order valence-electron chi connectivity index (χ4n) is 2.71. The maximum absolute atomic E-state index is 12.6. The number of carbonyl (C=O) groups excluding carboxylic acids is 1. The molecule has 0 atom stereocenters. The molecule has 0 heterocycles. The van der Waals surface area contributed by atoms with Gasteiger partial charge in [-0.25, -0.2) is 0 Å². The Morgan fingerprint density at radius 2 is 1.57 bits per heavy atom. The SMILES string of the molecule is CCCCOc1ccc(CCNC(=O)c2cc(OC)c(OC)cc2OC)cc1. The zero-order chi connectivity index (χ0) is 20.4. The Kier molecular flexibility index (Phi) is 8.46. The van der Waals surface area contributed by atoms with Gasteiger partial charge < -0.3 is 24.3 Å².